The first kappa shape index (κ1) is 14.6. The topological polar surface area (TPSA) is 26.0 Å². The van der Waals surface area contributed by atoms with Gasteiger partial charge in [0.25, 0.3) is 0 Å². The SMILES string of the molecule is CSc1ccccc1C(N)Cc1cc(F)ccc1Br. The maximum absolute atomic E-state index is 13.3. The number of nitrogens with two attached hydrogens (primary N) is 1. The zero-order valence-corrected chi connectivity index (χ0v) is 13.0. The molecule has 0 aliphatic rings. The van der Waals surface area contributed by atoms with Crippen LogP contribution in [0, 0.1) is 5.82 Å². The van der Waals surface area contributed by atoms with Crippen molar-refractivity contribution < 1.29 is 4.39 Å². The Bertz CT molecular complexity index is 574. The van der Waals surface area contributed by atoms with E-state index >= 15 is 0 Å². The van der Waals surface area contributed by atoms with Crippen molar-refractivity contribution in [1.29, 1.82) is 0 Å². The summed E-state index contributed by atoms with van der Waals surface area (Å²) in [4.78, 5) is 1.17. The van der Waals surface area contributed by atoms with Crippen LogP contribution < -0.4 is 5.73 Å². The minimum absolute atomic E-state index is 0.137. The highest BCUT2D eigenvalue weighted by molar-refractivity contribution is 9.10. The standard InChI is InChI=1S/C15H15BrFNS/c1-19-15-5-3-2-4-12(15)14(18)9-10-8-11(17)6-7-13(10)16/h2-8,14H,9,18H2,1H3. The molecule has 0 radical (unpaired) electrons. The molecule has 2 N–H and O–H groups in total. The molecule has 2 rings (SSSR count). The van der Waals surface area contributed by atoms with Gasteiger partial charge in [0.1, 0.15) is 5.82 Å². The summed E-state index contributed by atoms with van der Waals surface area (Å²) in [5.41, 5.74) is 8.26. The van der Waals surface area contributed by atoms with Crippen LogP contribution in [0.25, 0.3) is 0 Å². The van der Waals surface area contributed by atoms with Gasteiger partial charge in [-0.2, -0.15) is 0 Å². The van der Waals surface area contributed by atoms with E-state index in [9.17, 15) is 4.39 Å². The summed E-state index contributed by atoms with van der Waals surface area (Å²) in [7, 11) is 0. The second-order valence-corrected chi connectivity index (χ2v) is 5.99. The number of thioether (sulfide) groups is 1. The Labute approximate surface area is 125 Å². The molecule has 2 aromatic carbocycles. The Kier molecular flexibility index (Phi) is 5.02. The summed E-state index contributed by atoms with van der Waals surface area (Å²) in [5, 5.41) is 0. The van der Waals surface area contributed by atoms with Crippen LogP contribution in [0.3, 0.4) is 0 Å². The lowest BCUT2D eigenvalue weighted by atomic mass is 9.99. The minimum atomic E-state index is -0.233. The average Bonchev–Trinajstić information content (AvgIpc) is 2.42. The fourth-order valence-corrected chi connectivity index (χ4v) is 3.10. The second-order valence-electron chi connectivity index (χ2n) is 4.29. The van der Waals surface area contributed by atoms with Gasteiger partial charge in [-0.3, -0.25) is 0 Å². The normalized spacial score (nSPS) is 12.4. The third kappa shape index (κ3) is 3.59. The van der Waals surface area contributed by atoms with Crippen LogP contribution in [0.15, 0.2) is 51.8 Å². The molecule has 0 aliphatic carbocycles. The summed E-state index contributed by atoms with van der Waals surface area (Å²) < 4.78 is 14.2. The van der Waals surface area contributed by atoms with Crippen molar-refractivity contribution in [2.24, 2.45) is 5.73 Å². The smallest absolute Gasteiger partial charge is 0.123 e. The highest BCUT2D eigenvalue weighted by atomic mass is 79.9. The van der Waals surface area contributed by atoms with Gasteiger partial charge in [-0.05, 0) is 48.1 Å². The fraction of sp³-hybridized carbons (Fsp3) is 0.200. The van der Waals surface area contributed by atoms with Crippen molar-refractivity contribution in [1.82, 2.24) is 0 Å². The molecule has 2 aromatic rings. The van der Waals surface area contributed by atoms with Crippen molar-refractivity contribution in [3.63, 3.8) is 0 Å². The zero-order chi connectivity index (χ0) is 13.8. The number of halogens is 2. The Morgan fingerprint density at radius 2 is 2.00 bits per heavy atom. The van der Waals surface area contributed by atoms with E-state index in [2.05, 4.69) is 22.0 Å². The Hall–Kier alpha value is -0.840. The van der Waals surface area contributed by atoms with Crippen molar-refractivity contribution in [3.05, 3.63) is 63.9 Å². The van der Waals surface area contributed by atoms with Gasteiger partial charge in [-0.15, -0.1) is 11.8 Å². The van der Waals surface area contributed by atoms with Crippen LogP contribution in [-0.2, 0) is 6.42 Å². The summed E-state index contributed by atoms with van der Waals surface area (Å²) in [6.07, 6.45) is 2.64. The molecular formula is C15H15BrFNS. The first-order valence-electron chi connectivity index (χ1n) is 5.94. The molecule has 100 valence electrons. The molecule has 1 atom stereocenters. The molecule has 19 heavy (non-hydrogen) atoms. The van der Waals surface area contributed by atoms with Crippen molar-refractivity contribution in [3.8, 4) is 0 Å². The zero-order valence-electron chi connectivity index (χ0n) is 10.6. The van der Waals surface area contributed by atoms with E-state index < -0.39 is 0 Å². The summed E-state index contributed by atoms with van der Waals surface area (Å²) in [6.45, 7) is 0. The van der Waals surface area contributed by atoms with Crippen LogP contribution in [0.5, 0.6) is 0 Å². The molecule has 0 amide bonds. The van der Waals surface area contributed by atoms with E-state index in [1.54, 1.807) is 17.8 Å². The van der Waals surface area contributed by atoms with E-state index in [0.29, 0.717) is 6.42 Å². The van der Waals surface area contributed by atoms with Crippen molar-refractivity contribution in [2.75, 3.05) is 6.26 Å². The predicted octanol–water partition coefficient (Wildman–Crippen LogP) is 4.55. The number of benzene rings is 2. The fourth-order valence-electron chi connectivity index (χ4n) is 2.02. The molecule has 0 saturated carbocycles. The molecule has 1 nitrogen and oxygen atoms in total. The van der Waals surface area contributed by atoms with Crippen molar-refractivity contribution >= 4 is 27.7 Å². The van der Waals surface area contributed by atoms with E-state index in [4.69, 9.17) is 5.73 Å². The lowest BCUT2D eigenvalue weighted by molar-refractivity contribution is 0.620. The number of rotatable bonds is 4. The molecule has 0 saturated heterocycles. The van der Waals surface area contributed by atoms with E-state index in [0.717, 1.165) is 15.6 Å². The molecule has 0 heterocycles. The Morgan fingerprint density at radius 1 is 1.26 bits per heavy atom. The second kappa shape index (κ2) is 6.55. The van der Waals surface area contributed by atoms with Gasteiger partial charge in [0.05, 0.1) is 0 Å². The Balaban J connectivity index is 2.25. The maximum Gasteiger partial charge on any atom is 0.123 e. The van der Waals surface area contributed by atoms with Gasteiger partial charge < -0.3 is 5.73 Å². The molecular weight excluding hydrogens is 325 g/mol. The molecule has 4 heteroatoms. The third-order valence-corrected chi connectivity index (χ3v) is 4.57. The molecule has 0 aromatic heterocycles. The minimum Gasteiger partial charge on any atom is -0.324 e. The summed E-state index contributed by atoms with van der Waals surface area (Å²) in [6, 6.07) is 12.6. The predicted molar refractivity (Wildman–Crippen MR) is 83.0 cm³/mol. The molecule has 0 spiro atoms. The lowest BCUT2D eigenvalue weighted by Gasteiger charge is -2.16. The summed E-state index contributed by atoms with van der Waals surface area (Å²) >= 11 is 5.12. The quantitative estimate of drug-likeness (QED) is 0.826. The van der Waals surface area contributed by atoms with Crippen LogP contribution in [-0.4, -0.2) is 6.26 Å². The molecule has 0 bridgehead atoms. The number of hydrogen-bond acceptors (Lipinski definition) is 2. The average molecular weight is 340 g/mol. The van der Waals surface area contributed by atoms with Crippen LogP contribution in [0.1, 0.15) is 17.2 Å². The van der Waals surface area contributed by atoms with Crippen LogP contribution in [0.2, 0.25) is 0 Å². The van der Waals surface area contributed by atoms with Gasteiger partial charge in [0.2, 0.25) is 0 Å². The number of hydrogen-bond donors (Lipinski definition) is 1. The summed E-state index contributed by atoms with van der Waals surface area (Å²) in [5.74, 6) is -0.233. The van der Waals surface area contributed by atoms with Crippen LogP contribution >= 0.6 is 27.7 Å². The highest BCUT2D eigenvalue weighted by Crippen LogP contribution is 2.28. The largest absolute Gasteiger partial charge is 0.324 e. The van der Waals surface area contributed by atoms with Gasteiger partial charge >= 0.3 is 0 Å². The van der Waals surface area contributed by atoms with E-state index in [1.165, 1.54) is 17.0 Å². The van der Waals surface area contributed by atoms with Crippen LogP contribution in [0.4, 0.5) is 4.39 Å². The first-order chi connectivity index (χ1) is 9.11. The molecule has 0 fully saturated rings. The first-order valence-corrected chi connectivity index (χ1v) is 7.96. The van der Waals surface area contributed by atoms with Gasteiger partial charge in [-0.25, -0.2) is 4.39 Å². The monoisotopic (exact) mass is 339 g/mol. The highest BCUT2D eigenvalue weighted by Gasteiger charge is 2.13. The molecule has 0 aliphatic heterocycles. The van der Waals surface area contributed by atoms with Crippen molar-refractivity contribution in [2.45, 2.75) is 17.4 Å². The third-order valence-electron chi connectivity index (χ3n) is 2.99. The molecule has 1 unspecified atom stereocenters. The van der Waals surface area contributed by atoms with Gasteiger partial charge in [-0.1, -0.05) is 34.1 Å². The lowest BCUT2D eigenvalue weighted by Crippen LogP contribution is -2.14. The maximum atomic E-state index is 13.3. The Morgan fingerprint density at radius 3 is 2.74 bits per heavy atom. The van der Waals surface area contributed by atoms with Gasteiger partial charge in [0, 0.05) is 15.4 Å². The van der Waals surface area contributed by atoms with Gasteiger partial charge in [0.15, 0.2) is 0 Å². The van der Waals surface area contributed by atoms with E-state index in [-0.39, 0.29) is 11.9 Å². The van der Waals surface area contributed by atoms with E-state index in [1.807, 2.05) is 24.5 Å².